The molecule has 0 saturated heterocycles. The number of carbonyl (C=O) groups is 1. The molecule has 1 N–H and O–H groups in total. The number of benzene rings is 1. The Morgan fingerprint density at radius 2 is 2.17 bits per heavy atom. The van der Waals surface area contributed by atoms with E-state index in [9.17, 15) is 13.6 Å². The molecule has 1 heterocycles. The number of thioether (sulfide) groups is 1. The second-order valence-corrected chi connectivity index (χ2v) is 7.04. The molecule has 1 aromatic carbocycles. The first kappa shape index (κ1) is 16.9. The molecule has 1 aliphatic carbocycles. The molecular formula is C16H18F2N4OS. The van der Waals surface area contributed by atoms with Gasteiger partial charge in [-0.2, -0.15) is 0 Å². The molecule has 1 aliphatic rings. The summed E-state index contributed by atoms with van der Waals surface area (Å²) in [6.45, 7) is 4.47. The van der Waals surface area contributed by atoms with Crippen LogP contribution in [0.4, 0.5) is 14.5 Å². The zero-order chi connectivity index (χ0) is 17.3. The number of rotatable bonds is 6. The minimum Gasteiger partial charge on any atom is -0.323 e. The standard InChI is InChI=1S/C16H18F2N4OS/c1-3-22-14(10-4-5-10)20-21-16(22)24-9(2)15(23)19-13-7-6-11(17)8-12(13)18/h6-10H,3-5H2,1-2H3,(H,19,23). The normalized spacial score (nSPS) is 15.3. The molecule has 128 valence electrons. The van der Waals surface area contributed by atoms with E-state index in [1.165, 1.54) is 17.8 Å². The monoisotopic (exact) mass is 352 g/mol. The highest BCUT2D eigenvalue weighted by atomic mass is 32.2. The minimum absolute atomic E-state index is 0.0375. The van der Waals surface area contributed by atoms with Crippen molar-refractivity contribution in [2.45, 2.75) is 49.6 Å². The Morgan fingerprint density at radius 3 is 2.79 bits per heavy atom. The second kappa shape index (κ2) is 6.88. The molecule has 0 aliphatic heterocycles. The van der Waals surface area contributed by atoms with Crippen LogP contribution in [0, 0.1) is 11.6 Å². The van der Waals surface area contributed by atoms with Crippen LogP contribution in [0.5, 0.6) is 0 Å². The Morgan fingerprint density at radius 1 is 1.42 bits per heavy atom. The SMILES string of the molecule is CCn1c(SC(C)C(=O)Nc2ccc(F)cc2F)nnc1C1CC1. The lowest BCUT2D eigenvalue weighted by Crippen LogP contribution is -2.23. The zero-order valence-electron chi connectivity index (χ0n) is 13.4. The number of amides is 1. The summed E-state index contributed by atoms with van der Waals surface area (Å²) in [6.07, 6.45) is 2.26. The second-order valence-electron chi connectivity index (χ2n) is 5.73. The minimum atomic E-state index is -0.798. The molecule has 0 radical (unpaired) electrons. The Labute approximate surface area is 142 Å². The van der Waals surface area contributed by atoms with Gasteiger partial charge in [0.1, 0.15) is 17.5 Å². The van der Waals surface area contributed by atoms with Crippen molar-refractivity contribution in [3.8, 4) is 0 Å². The van der Waals surface area contributed by atoms with Gasteiger partial charge in [0.15, 0.2) is 5.16 Å². The highest BCUT2D eigenvalue weighted by Crippen LogP contribution is 2.40. The summed E-state index contributed by atoms with van der Waals surface area (Å²) in [4.78, 5) is 12.3. The predicted octanol–water partition coefficient (Wildman–Crippen LogP) is 3.57. The van der Waals surface area contributed by atoms with Gasteiger partial charge in [0.2, 0.25) is 5.91 Å². The van der Waals surface area contributed by atoms with E-state index in [4.69, 9.17) is 0 Å². The fourth-order valence-electron chi connectivity index (χ4n) is 2.36. The molecule has 3 rings (SSSR count). The lowest BCUT2D eigenvalue weighted by atomic mass is 10.3. The van der Waals surface area contributed by atoms with Gasteiger partial charge in [-0.1, -0.05) is 11.8 Å². The quantitative estimate of drug-likeness (QED) is 0.808. The maximum Gasteiger partial charge on any atom is 0.237 e. The van der Waals surface area contributed by atoms with Crippen LogP contribution in [0.15, 0.2) is 23.4 Å². The Bertz CT molecular complexity index is 761. The molecular weight excluding hydrogens is 334 g/mol. The molecule has 5 nitrogen and oxygen atoms in total. The summed E-state index contributed by atoms with van der Waals surface area (Å²) in [6, 6.07) is 3.05. The summed E-state index contributed by atoms with van der Waals surface area (Å²) in [7, 11) is 0. The lowest BCUT2D eigenvalue weighted by Gasteiger charge is -2.13. The van der Waals surface area contributed by atoms with Crippen LogP contribution in [0.1, 0.15) is 38.4 Å². The number of anilines is 1. The van der Waals surface area contributed by atoms with Gasteiger partial charge in [0, 0.05) is 18.5 Å². The number of hydrogen-bond donors (Lipinski definition) is 1. The van der Waals surface area contributed by atoms with E-state index < -0.39 is 16.9 Å². The molecule has 24 heavy (non-hydrogen) atoms. The maximum absolute atomic E-state index is 13.6. The molecule has 1 fully saturated rings. The van der Waals surface area contributed by atoms with Gasteiger partial charge in [-0.25, -0.2) is 8.78 Å². The summed E-state index contributed by atoms with van der Waals surface area (Å²) >= 11 is 1.28. The first-order valence-corrected chi connectivity index (χ1v) is 8.73. The van der Waals surface area contributed by atoms with Gasteiger partial charge in [0.05, 0.1) is 10.9 Å². The molecule has 1 saturated carbocycles. The van der Waals surface area contributed by atoms with Crippen LogP contribution in [0.25, 0.3) is 0 Å². The maximum atomic E-state index is 13.6. The van der Waals surface area contributed by atoms with Crippen molar-refractivity contribution in [3.63, 3.8) is 0 Å². The van der Waals surface area contributed by atoms with Crippen LogP contribution in [-0.2, 0) is 11.3 Å². The first-order chi connectivity index (χ1) is 11.5. The van der Waals surface area contributed by atoms with Gasteiger partial charge in [-0.15, -0.1) is 10.2 Å². The molecule has 0 spiro atoms. The highest BCUT2D eigenvalue weighted by Gasteiger charge is 2.30. The first-order valence-electron chi connectivity index (χ1n) is 7.85. The molecule has 1 aromatic heterocycles. The third-order valence-electron chi connectivity index (χ3n) is 3.84. The van der Waals surface area contributed by atoms with E-state index in [1.54, 1.807) is 6.92 Å². The summed E-state index contributed by atoms with van der Waals surface area (Å²) in [5, 5.41) is 11.1. The predicted molar refractivity (Wildman–Crippen MR) is 88.0 cm³/mol. The average Bonchev–Trinajstić information content (AvgIpc) is 3.31. The number of carbonyl (C=O) groups excluding carboxylic acids is 1. The van der Waals surface area contributed by atoms with Crippen molar-refractivity contribution < 1.29 is 13.6 Å². The fraction of sp³-hybridized carbons (Fsp3) is 0.438. The summed E-state index contributed by atoms with van der Waals surface area (Å²) in [5.74, 6) is -0.407. The Balaban J connectivity index is 1.68. The van der Waals surface area contributed by atoms with Gasteiger partial charge >= 0.3 is 0 Å². The average molecular weight is 352 g/mol. The van der Waals surface area contributed by atoms with Crippen LogP contribution >= 0.6 is 11.8 Å². The van der Waals surface area contributed by atoms with Gasteiger partial charge in [0.25, 0.3) is 0 Å². The van der Waals surface area contributed by atoms with Crippen molar-refractivity contribution in [2.24, 2.45) is 0 Å². The van der Waals surface area contributed by atoms with Gasteiger partial charge in [-0.05, 0) is 38.8 Å². The van der Waals surface area contributed by atoms with Gasteiger partial charge in [-0.3, -0.25) is 4.79 Å². The van der Waals surface area contributed by atoms with E-state index >= 15 is 0 Å². The Hall–Kier alpha value is -1.96. The number of aromatic nitrogens is 3. The van der Waals surface area contributed by atoms with Crippen molar-refractivity contribution >= 4 is 23.4 Å². The van der Waals surface area contributed by atoms with Crippen molar-refractivity contribution in [1.82, 2.24) is 14.8 Å². The van der Waals surface area contributed by atoms with E-state index in [0.29, 0.717) is 11.1 Å². The molecule has 2 aromatic rings. The molecule has 1 amide bonds. The molecule has 8 heteroatoms. The van der Waals surface area contributed by atoms with Crippen molar-refractivity contribution in [1.29, 1.82) is 0 Å². The number of hydrogen-bond acceptors (Lipinski definition) is 4. The van der Waals surface area contributed by atoms with E-state index in [2.05, 4.69) is 15.5 Å². The molecule has 1 unspecified atom stereocenters. The van der Waals surface area contributed by atoms with Crippen molar-refractivity contribution in [2.75, 3.05) is 5.32 Å². The van der Waals surface area contributed by atoms with E-state index in [1.807, 2.05) is 11.5 Å². The topological polar surface area (TPSA) is 59.8 Å². The van der Waals surface area contributed by atoms with Crippen LogP contribution < -0.4 is 5.32 Å². The highest BCUT2D eigenvalue weighted by molar-refractivity contribution is 8.00. The van der Waals surface area contributed by atoms with Crippen LogP contribution in [-0.4, -0.2) is 25.9 Å². The van der Waals surface area contributed by atoms with Gasteiger partial charge < -0.3 is 9.88 Å². The summed E-state index contributed by atoms with van der Waals surface area (Å²) in [5.41, 5.74) is -0.0375. The number of halogens is 2. The van der Waals surface area contributed by atoms with Crippen LogP contribution in [0.3, 0.4) is 0 Å². The van der Waals surface area contributed by atoms with E-state index in [0.717, 1.165) is 37.3 Å². The zero-order valence-corrected chi connectivity index (χ0v) is 14.2. The lowest BCUT2D eigenvalue weighted by molar-refractivity contribution is -0.115. The molecule has 1 atom stereocenters. The third-order valence-corrected chi connectivity index (χ3v) is 4.93. The largest absolute Gasteiger partial charge is 0.323 e. The Kier molecular flexibility index (Phi) is 4.84. The number of nitrogens with zero attached hydrogens (tertiary/aromatic N) is 3. The third kappa shape index (κ3) is 3.58. The van der Waals surface area contributed by atoms with E-state index in [-0.39, 0.29) is 11.6 Å². The van der Waals surface area contributed by atoms with Crippen molar-refractivity contribution in [3.05, 3.63) is 35.7 Å². The van der Waals surface area contributed by atoms with Crippen LogP contribution in [0.2, 0.25) is 0 Å². The summed E-state index contributed by atoms with van der Waals surface area (Å²) < 4.78 is 28.6. The number of nitrogens with one attached hydrogen (secondary N) is 1. The molecule has 0 bridgehead atoms. The fourth-order valence-corrected chi connectivity index (χ4v) is 3.28. The smallest absolute Gasteiger partial charge is 0.237 e.